The first-order chi connectivity index (χ1) is 14.1. The second-order valence-electron chi connectivity index (χ2n) is 6.64. The second-order valence-corrected chi connectivity index (χ2v) is 9.66. The lowest BCUT2D eigenvalue weighted by molar-refractivity contribution is 1.04. The first-order valence-corrected chi connectivity index (χ1v) is 11.7. The molecule has 1 N–H and O–H groups in total. The van der Waals surface area contributed by atoms with E-state index in [2.05, 4.69) is 37.4 Å². The van der Waals surface area contributed by atoms with E-state index in [1.54, 1.807) is 40.8 Å². The zero-order valence-electron chi connectivity index (χ0n) is 15.7. The number of aryl methyl sites for hydroxylation is 2. The van der Waals surface area contributed by atoms with Gasteiger partial charge in [0.1, 0.15) is 26.8 Å². The Kier molecular flexibility index (Phi) is 4.69. The van der Waals surface area contributed by atoms with Gasteiger partial charge < -0.3 is 4.98 Å². The number of thioether (sulfide) groups is 1. The molecule has 5 rings (SSSR count). The van der Waals surface area contributed by atoms with Crippen molar-refractivity contribution >= 4 is 54.9 Å². The molecule has 0 radical (unpaired) electrons. The van der Waals surface area contributed by atoms with E-state index in [1.807, 2.05) is 32.0 Å². The maximum Gasteiger partial charge on any atom is 0.259 e. The maximum absolute atomic E-state index is 12.5. The molecule has 4 aromatic heterocycles. The summed E-state index contributed by atoms with van der Waals surface area (Å²) in [6, 6.07) is 10.3. The average Bonchev–Trinajstić information content (AvgIpc) is 3.29. The molecule has 0 atom stereocenters. The van der Waals surface area contributed by atoms with Gasteiger partial charge in [-0.2, -0.15) is 0 Å². The maximum atomic E-state index is 12.5. The molecule has 0 aliphatic heterocycles. The molecule has 1 aromatic carbocycles. The van der Waals surface area contributed by atoms with Gasteiger partial charge in [0, 0.05) is 15.8 Å². The Morgan fingerprint density at radius 1 is 1.07 bits per heavy atom. The standard InChI is InChI=1S/C21H16N4OS3/c1-11-12(2)29-21-16(11)18(26)24-15(25-21)9-28-20-17-14(13-6-4-3-5-7-13)8-27-19(17)22-10-23-20/h3-8,10H,9H2,1-2H3,(H,24,25,26). The highest BCUT2D eigenvalue weighted by atomic mass is 32.2. The fourth-order valence-corrected chi connectivity index (χ4v) is 6.20. The van der Waals surface area contributed by atoms with Crippen molar-refractivity contribution in [1.29, 1.82) is 0 Å². The zero-order valence-corrected chi connectivity index (χ0v) is 18.2. The van der Waals surface area contributed by atoms with Gasteiger partial charge in [0.05, 0.1) is 16.5 Å². The molecule has 144 valence electrons. The van der Waals surface area contributed by atoms with Crippen LogP contribution in [0.5, 0.6) is 0 Å². The van der Waals surface area contributed by atoms with Gasteiger partial charge in [-0.25, -0.2) is 15.0 Å². The first-order valence-electron chi connectivity index (χ1n) is 9.01. The van der Waals surface area contributed by atoms with E-state index in [4.69, 9.17) is 0 Å². The van der Waals surface area contributed by atoms with Crippen LogP contribution in [0.4, 0.5) is 0 Å². The number of hydrogen-bond donors (Lipinski definition) is 1. The van der Waals surface area contributed by atoms with Gasteiger partial charge in [-0.3, -0.25) is 4.79 Å². The summed E-state index contributed by atoms with van der Waals surface area (Å²) < 4.78 is 0. The molecule has 0 spiro atoms. The van der Waals surface area contributed by atoms with Crippen LogP contribution in [0.3, 0.4) is 0 Å². The average molecular weight is 437 g/mol. The van der Waals surface area contributed by atoms with Gasteiger partial charge in [0.15, 0.2) is 0 Å². The van der Waals surface area contributed by atoms with Crippen molar-refractivity contribution in [2.75, 3.05) is 0 Å². The van der Waals surface area contributed by atoms with Gasteiger partial charge >= 0.3 is 0 Å². The lowest BCUT2D eigenvalue weighted by Crippen LogP contribution is -2.10. The number of hydrogen-bond acceptors (Lipinski definition) is 7. The van der Waals surface area contributed by atoms with Gasteiger partial charge in [0.2, 0.25) is 0 Å². The Balaban J connectivity index is 1.52. The molecular formula is C21H16N4OS3. The largest absolute Gasteiger partial charge is 0.309 e. The van der Waals surface area contributed by atoms with Crippen molar-refractivity contribution in [3.05, 3.63) is 68.7 Å². The van der Waals surface area contributed by atoms with E-state index < -0.39 is 0 Å². The summed E-state index contributed by atoms with van der Waals surface area (Å²) in [5.41, 5.74) is 3.23. The van der Waals surface area contributed by atoms with E-state index >= 15 is 0 Å². The van der Waals surface area contributed by atoms with E-state index in [9.17, 15) is 4.79 Å². The molecule has 0 amide bonds. The molecule has 29 heavy (non-hydrogen) atoms. The Hall–Kier alpha value is -2.55. The number of fused-ring (bicyclic) bond motifs is 2. The van der Waals surface area contributed by atoms with Crippen LogP contribution >= 0.6 is 34.4 Å². The normalized spacial score (nSPS) is 11.5. The van der Waals surface area contributed by atoms with Gasteiger partial charge in [0.25, 0.3) is 5.56 Å². The number of aromatic nitrogens is 4. The molecular weight excluding hydrogens is 420 g/mol. The molecule has 0 aliphatic carbocycles. The van der Waals surface area contributed by atoms with Crippen molar-refractivity contribution in [1.82, 2.24) is 19.9 Å². The summed E-state index contributed by atoms with van der Waals surface area (Å²) in [5, 5.41) is 4.79. The third kappa shape index (κ3) is 3.27. The van der Waals surface area contributed by atoms with Crippen LogP contribution in [0.15, 0.2) is 51.9 Å². The Labute approximate surface area is 178 Å². The molecule has 0 fully saturated rings. The molecule has 0 unspecified atom stereocenters. The molecule has 0 aliphatic rings. The number of nitrogens with zero attached hydrogens (tertiary/aromatic N) is 3. The Morgan fingerprint density at radius 3 is 2.72 bits per heavy atom. The molecule has 0 saturated heterocycles. The minimum Gasteiger partial charge on any atom is -0.309 e. The summed E-state index contributed by atoms with van der Waals surface area (Å²) in [7, 11) is 0. The molecule has 4 heterocycles. The van der Waals surface area contributed by atoms with Crippen molar-refractivity contribution in [2.24, 2.45) is 0 Å². The van der Waals surface area contributed by atoms with Crippen LogP contribution in [0.25, 0.3) is 31.6 Å². The number of benzene rings is 1. The van der Waals surface area contributed by atoms with Gasteiger partial charge in [-0.15, -0.1) is 22.7 Å². The fraction of sp³-hybridized carbons (Fsp3) is 0.143. The van der Waals surface area contributed by atoms with Crippen molar-refractivity contribution in [3.63, 3.8) is 0 Å². The Morgan fingerprint density at radius 2 is 1.90 bits per heavy atom. The smallest absolute Gasteiger partial charge is 0.259 e. The summed E-state index contributed by atoms with van der Waals surface area (Å²) in [6.45, 7) is 3.99. The minimum absolute atomic E-state index is 0.0687. The van der Waals surface area contributed by atoms with Crippen LogP contribution < -0.4 is 5.56 Å². The fourth-order valence-electron chi connectivity index (χ4n) is 3.29. The number of aromatic amines is 1. The number of nitrogens with one attached hydrogen (secondary N) is 1. The van der Waals surface area contributed by atoms with Crippen LogP contribution in [0.1, 0.15) is 16.3 Å². The van der Waals surface area contributed by atoms with E-state index in [0.717, 1.165) is 41.6 Å². The summed E-state index contributed by atoms with van der Waals surface area (Å²) in [6.07, 6.45) is 1.60. The van der Waals surface area contributed by atoms with Crippen molar-refractivity contribution < 1.29 is 0 Å². The quantitative estimate of drug-likeness (QED) is 0.295. The highest BCUT2D eigenvalue weighted by Crippen LogP contribution is 2.38. The summed E-state index contributed by atoms with van der Waals surface area (Å²) >= 11 is 4.76. The highest BCUT2D eigenvalue weighted by molar-refractivity contribution is 7.98. The monoisotopic (exact) mass is 436 g/mol. The number of H-pyrrole nitrogens is 1. The van der Waals surface area contributed by atoms with Crippen molar-refractivity contribution in [3.8, 4) is 11.1 Å². The first kappa shape index (κ1) is 18.5. The second kappa shape index (κ2) is 7.37. The van der Waals surface area contributed by atoms with E-state index in [-0.39, 0.29) is 5.56 Å². The third-order valence-electron chi connectivity index (χ3n) is 4.85. The minimum atomic E-state index is -0.0687. The predicted molar refractivity (Wildman–Crippen MR) is 122 cm³/mol. The van der Waals surface area contributed by atoms with E-state index in [1.165, 1.54) is 0 Å². The van der Waals surface area contributed by atoms with Crippen molar-refractivity contribution in [2.45, 2.75) is 24.6 Å². The van der Waals surface area contributed by atoms with Crippen LogP contribution in [0.2, 0.25) is 0 Å². The van der Waals surface area contributed by atoms with Gasteiger partial charge in [-0.1, -0.05) is 42.1 Å². The van der Waals surface area contributed by atoms with Crippen LogP contribution in [-0.2, 0) is 5.75 Å². The molecule has 8 heteroatoms. The van der Waals surface area contributed by atoms with Gasteiger partial charge in [-0.05, 0) is 25.0 Å². The third-order valence-corrected chi connectivity index (χ3v) is 7.84. The zero-order chi connectivity index (χ0) is 20.0. The Bertz CT molecular complexity index is 1400. The van der Waals surface area contributed by atoms with E-state index in [0.29, 0.717) is 17.0 Å². The number of thiophene rings is 2. The summed E-state index contributed by atoms with van der Waals surface area (Å²) in [4.78, 5) is 32.0. The summed E-state index contributed by atoms with van der Waals surface area (Å²) in [5.74, 6) is 1.20. The van der Waals surface area contributed by atoms with Crippen LogP contribution in [-0.4, -0.2) is 19.9 Å². The number of rotatable bonds is 4. The van der Waals surface area contributed by atoms with Crippen LogP contribution in [0, 0.1) is 13.8 Å². The highest BCUT2D eigenvalue weighted by Gasteiger charge is 2.15. The molecule has 0 saturated carbocycles. The topological polar surface area (TPSA) is 71.5 Å². The predicted octanol–water partition coefficient (Wildman–Crippen LogP) is 5.57. The molecule has 5 nitrogen and oxygen atoms in total. The lowest BCUT2D eigenvalue weighted by atomic mass is 10.1. The lowest BCUT2D eigenvalue weighted by Gasteiger charge is -2.05. The molecule has 0 bridgehead atoms. The SMILES string of the molecule is Cc1sc2nc(CSc3ncnc4scc(-c5ccccc5)c34)[nH]c(=O)c2c1C. The molecule has 5 aromatic rings.